The van der Waals surface area contributed by atoms with Gasteiger partial charge in [0.25, 0.3) is 0 Å². The average molecular weight is 383 g/mol. The maximum atomic E-state index is 10.8. The fourth-order valence-corrected chi connectivity index (χ4v) is 4.10. The molecule has 160 valence electrons. The van der Waals surface area contributed by atoms with Crippen LogP contribution in [0.2, 0.25) is 0 Å². The molecule has 0 bridgehead atoms. The van der Waals surface area contributed by atoms with Gasteiger partial charge in [0.05, 0.1) is 6.10 Å². The number of hydrogen-bond donors (Lipinski definition) is 0. The van der Waals surface area contributed by atoms with Crippen LogP contribution in [0.1, 0.15) is 122 Å². The minimum atomic E-state index is -0.172. The molecular formula is C24H46O3. The highest BCUT2D eigenvalue weighted by Gasteiger charge is 2.12. The van der Waals surface area contributed by atoms with Crippen LogP contribution in [0.15, 0.2) is 0 Å². The summed E-state index contributed by atoms with van der Waals surface area (Å²) >= 11 is 0. The van der Waals surface area contributed by atoms with Crippen molar-refractivity contribution >= 4 is 6.29 Å². The van der Waals surface area contributed by atoms with Crippen molar-refractivity contribution in [3.05, 3.63) is 0 Å². The molecule has 3 nitrogen and oxygen atoms in total. The Labute approximate surface area is 169 Å². The summed E-state index contributed by atoms with van der Waals surface area (Å²) < 4.78 is 11.3. The first-order valence-corrected chi connectivity index (χ1v) is 12.0. The molecule has 3 heteroatoms. The summed E-state index contributed by atoms with van der Waals surface area (Å²) in [6.07, 6.45) is 25.0. The smallest absolute Gasteiger partial charge is 0.148 e. The molecule has 0 radical (unpaired) electrons. The second kappa shape index (κ2) is 18.9. The lowest BCUT2D eigenvalue weighted by molar-refractivity contribution is -0.118. The van der Waals surface area contributed by atoms with E-state index in [9.17, 15) is 4.79 Å². The van der Waals surface area contributed by atoms with Gasteiger partial charge in [0.1, 0.15) is 12.4 Å². The molecule has 1 atom stereocenters. The van der Waals surface area contributed by atoms with Gasteiger partial charge in [-0.1, -0.05) is 89.9 Å². The molecule has 1 fully saturated rings. The third kappa shape index (κ3) is 15.2. The Morgan fingerprint density at radius 2 is 1.30 bits per heavy atom. The molecule has 0 aliphatic heterocycles. The van der Waals surface area contributed by atoms with Crippen LogP contribution < -0.4 is 0 Å². The Morgan fingerprint density at radius 1 is 0.778 bits per heavy atom. The van der Waals surface area contributed by atoms with Crippen molar-refractivity contribution in [3.63, 3.8) is 0 Å². The Balaban J connectivity index is 1.71. The van der Waals surface area contributed by atoms with Gasteiger partial charge in [0, 0.05) is 13.2 Å². The van der Waals surface area contributed by atoms with Crippen LogP contribution in [-0.4, -0.2) is 31.7 Å². The number of rotatable bonds is 19. The molecule has 1 rings (SSSR count). The van der Waals surface area contributed by atoms with E-state index in [1.54, 1.807) is 0 Å². The van der Waals surface area contributed by atoms with Gasteiger partial charge in [-0.15, -0.1) is 0 Å². The highest BCUT2D eigenvalue weighted by molar-refractivity contribution is 5.55. The van der Waals surface area contributed by atoms with Gasteiger partial charge in [-0.05, 0) is 32.6 Å². The normalized spacial score (nSPS) is 16.5. The maximum absolute atomic E-state index is 10.8. The molecule has 1 saturated carbocycles. The van der Waals surface area contributed by atoms with Crippen LogP contribution in [0.25, 0.3) is 0 Å². The standard InChI is InChI=1S/C24H46O3/c1-2-26-24(22-25)20-14-11-9-7-5-3-4-6-8-10-12-17-21-27-23-18-15-13-16-19-23/h22-24H,2-21H2,1H3. The summed E-state index contributed by atoms with van der Waals surface area (Å²) in [7, 11) is 0. The SMILES string of the molecule is CCOC(C=O)CCCCCCCCCCCCCCOC1CCCCC1. The Morgan fingerprint density at radius 3 is 1.81 bits per heavy atom. The van der Waals surface area contributed by atoms with Crippen LogP contribution in [0, 0.1) is 0 Å². The molecule has 1 aliphatic rings. The third-order valence-electron chi connectivity index (χ3n) is 5.82. The van der Waals surface area contributed by atoms with Crippen molar-refractivity contribution in [2.75, 3.05) is 13.2 Å². The Bertz CT molecular complexity index is 313. The molecule has 0 spiro atoms. The second-order valence-corrected chi connectivity index (χ2v) is 8.29. The van der Waals surface area contributed by atoms with E-state index in [2.05, 4.69) is 0 Å². The van der Waals surface area contributed by atoms with E-state index in [-0.39, 0.29) is 6.10 Å². The molecule has 0 N–H and O–H groups in total. The van der Waals surface area contributed by atoms with Crippen LogP contribution in [-0.2, 0) is 14.3 Å². The minimum absolute atomic E-state index is 0.172. The number of hydrogen-bond acceptors (Lipinski definition) is 3. The minimum Gasteiger partial charge on any atom is -0.378 e. The molecule has 0 aromatic rings. The Kier molecular flexibility index (Phi) is 17.3. The van der Waals surface area contributed by atoms with E-state index in [0.29, 0.717) is 12.7 Å². The first-order valence-electron chi connectivity index (χ1n) is 12.0. The lowest BCUT2D eigenvalue weighted by atomic mass is 9.98. The van der Waals surface area contributed by atoms with Gasteiger partial charge in [0.15, 0.2) is 0 Å². The van der Waals surface area contributed by atoms with Crippen LogP contribution >= 0.6 is 0 Å². The van der Waals surface area contributed by atoms with Crippen molar-refractivity contribution in [2.24, 2.45) is 0 Å². The largest absolute Gasteiger partial charge is 0.378 e. The van der Waals surface area contributed by atoms with Crippen molar-refractivity contribution in [3.8, 4) is 0 Å². The van der Waals surface area contributed by atoms with Gasteiger partial charge in [-0.2, -0.15) is 0 Å². The molecule has 1 unspecified atom stereocenters. The van der Waals surface area contributed by atoms with Gasteiger partial charge >= 0.3 is 0 Å². The van der Waals surface area contributed by atoms with E-state index in [4.69, 9.17) is 9.47 Å². The molecule has 0 aromatic carbocycles. The van der Waals surface area contributed by atoms with Gasteiger partial charge in [-0.3, -0.25) is 0 Å². The molecule has 27 heavy (non-hydrogen) atoms. The van der Waals surface area contributed by atoms with E-state index >= 15 is 0 Å². The van der Waals surface area contributed by atoms with Crippen molar-refractivity contribution in [2.45, 2.75) is 135 Å². The first-order chi connectivity index (χ1) is 13.4. The predicted octanol–water partition coefficient (Wildman–Crippen LogP) is 7.01. The predicted molar refractivity (Wildman–Crippen MR) is 114 cm³/mol. The van der Waals surface area contributed by atoms with E-state index in [1.165, 1.54) is 103 Å². The number of ether oxygens (including phenoxy) is 2. The Hall–Kier alpha value is -0.410. The molecule has 0 heterocycles. The first kappa shape index (κ1) is 24.6. The van der Waals surface area contributed by atoms with Crippen LogP contribution in [0.3, 0.4) is 0 Å². The van der Waals surface area contributed by atoms with Crippen LogP contribution in [0.5, 0.6) is 0 Å². The monoisotopic (exact) mass is 382 g/mol. The van der Waals surface area contributed by atoms with E-state index in [1.807, 2.05) is 6.92 Å². The number of unbranched alkanes of at least 4 members (excludes halogenated alkanes) is 11. The quantitative estimate of drug-likeness (QED) is 0.178. The summed E-state index contributed by atoms with van der Waals surface area (Å²) in [5, 5.41) is 0. The summed E-state index contributed by atoms with van der Waals surface area (Å²) in [5.41, 5.74) is 0. The fourth-order valence-electron chi connectivity index (χ4n) is 4.10. The second-order valence-electron chi connectivity index (χ2n) is 8.29. The van der Waals surface area contributed by atoms with Crippen molar-refractivity contribution in [1.82, 2.24) is 0 Å². The lowest BCUT2D eigenvalue weighted by Crippen LogP contribution is -2.17. The number of aldehydes is 1. The molecule has 0 saturated heterocycles. The summed E-state index contributed by atoms with van der Waals surface area (Å²) in [6.45, 7) is 3.57. The molecule has 0 amide bonds. The lowest BCUT2D eigenvalue weighted by Gasteiger charge is -2.21. The summed E-state index contributed by atoms with van der Waals surface area (Å²) in [4.78, 5) is 10.8. The highest BCUT2D eigenvalue weighted by Crippen LogP contribution is 2.20. The van der Waals surface area contributed by atoms with E-state index < -0.39 is 0 Å². The molecule has 1 aliphatic carbocycles. The van der Waals surface area contributed by atoms with Crippen molar-refractivity contribution < 1.29 is 14.3 Å². The molecular weight excluding hydrogens is 336 g/mol. The summed E-state index contributed by atoms with van der Waals surface area (Å²) in [6, 6.07) is 0. The zero-order valence-corrected chi connectivity index (χ0v) is 18.1. The fraction of sp³-hybridized carbons (Fsp3) is 0.958. The maximum Gasteiger partial charge on any atom is 0.148 e. The van der Waals surface area contributed by atoms with Gasteiger partial charge in [-0.25, -0.2) is 0 Å². The highest BCUT2D eigenvalue weighted by atomic mass is 16.5. The zero-order valence-electron chi connectivity index (χ0n) is 18.1. The van der Waals surface area contributed by atoms with Gasteiger partial charge in [0.2, 0.25) is 0 Å². The zero-order chi connectivity index (χ0) is 19.4. The van der Waals surface area contributed by atoms with E-state index in [0.717, 1.165) is 25.7 Å². The number of carbonyl (C=O) groups is 1. The molecule has 0 aromatic heterocycles. The average Bonchev–Trinajstić information content (AvgIpc) is 2.70. The van der Waals surface area contributed by atoms with Gasteiger partial charge < -0.3 is 14.3 Å². The van der Waals surface area contributed by atoms with Crippen LogP contribution in [0.4, 0.5) is 0 Å². The number of carbonyl (C=O) groups excluding carboxylic acids is 1. The summed E-state index contributed by atoms with van der Waals surface area (Å²) in [5.74, 6) is 0. The third-order valence-corrected chi connectivity index (χ3v) is 5.82. The topological polar surface area (TPSA) is 35.5 Å². The van der Waals surface area contributed by atoms with Crippen molar-refractivity contribution in [1.29, 1.82) is 0 Å².